The van der Waals surface area contributed by atoms with Crippen molar-refractivity contribution in [1.82, 2.24) is 20.8 Å². The first-order valence-corrected chi connectivity index (χ1v) is 10.4. The van der Waals surface area contributed by atoms with Crippen molar-refractivity contribution in [3.05, 3.63) is 59.4 Å². The highest BCUT2D eigenvalue weighted by molar-refractivity contribution is 6.07. The lowest BCUT2D eigenvalue weighted by Crippen LogP contribution is -2.46. The summed E-state index contributed by atoms with van der Waals surface area (Å²) in [7, 11) is 0. The van der Waals surface area contributed by atoms with Crippen molar-refractivity contribution in [1.29, 1.82) is 0 Å². The number of hydrogen-bond donors (Lipinski definition) is 4. The number of hydrogen-bond acceptors (Lipinski definition) is 5. The molecule has 1 aliphatic rings. The minimum Gasteiger partial charge on any atom is -0.490 e. The number of amides is 3. The fourth-order valence-electron chi connectivity index (χ4n) is 3.71. The standard InChI is InChI=1S/C23H25N5O4/c1-4-31-18-9-6-14(11-19(18)32-5-2)21-20(13(3)25-23(30)27-21)22(29)26-16-7-8-17-15(10-16)12-24-28-17/h6-12,21H,4-5H2,1-3H3,(H,24,28)(H,26,29)(H2,25,27,30). The molecule has 2 aromatic carbocycles. The van der Waals surface area contributed by atoms with Crippen LogP contribution in [0.15, 0.2) is 53.9 Å². The summed E-state index contributed by atoms with van der Waals surface area (Å²) < 4.78 is 11.4. The zero-order valence-corrected chi connectivity index (χ0v) is 18.1. The molecule has 0 saturated heterocycles. The molecule has 0 spiro atoms. The normalized spacial score (nSPS) is 15.8. The fourth-order valence-corrected chi connectivity index (χ4v) is 3.71. The van der Waals surface area contributed by atoms with E-state index in [0.29, 0.717) is 47.2 Å². The first-order valence-electron chi connectivity index (χ1n) is 10.4. The molecule has 4 N–H and O–H groups in total. The number of rotatable bonds is 7. The summed E-state index contributed by atoms with van der Waals surface area (Å²) in [5.74, 6) is 0.843. The summed E-state index contributed by atoms with van der Waals surface area (Å²) in [6, 6.07) is 9.84. The molecule has 4 rings (SSSR count). The zero-order chi connectivity index (χ0) is 22.7. The smallest absolute Gasteiger partial charge is 0.319 e. The van der Waals surface area contributed by atoms with Crippen LogP contribution in [-0.4, -0.2) is 35.3 Å². The maximum Gasteiger partial charge on any atom is 0.319 e. The van der Waals surface area contributed by atoms with Gasteiger partial charge in [0.05, 0.1) is 36.5 Å². The van der Waals surface area contributed by atoms with Crippen molar-refractivity contribution in [3.63, 3.8) is 0 Å². The van der Waals surface area contributed by atoms with E-state index >= 15 is 0 Å². The third-order valence-corrected chi connectivity index (χ3v) is 5.11. The summed E-state index contributed by atoms with van der Waals surface area (Å²) >= 11 is 0. The van der Waals surface area contributed by atoms with Crippen LogP contribution >= 0.6 is 0 Å². The van der Waals surface area contributed by atoms with E-state index < -0.39 is 6.04 Å². The molecule has 3 amide bonds. The average molecular weight is 435 g/mol. The van der Waals surface area contributed by atoms with Gasteiger partial charge in [0.2, 0.25) is 0 Å². The van der Waals surface area contributed by atoms with Crippen molar-refractivity contribution in [2.45, 2.75) is 26.8 Å². The average Bonchev–Trinajstić information content (AvgIpc) is 3.22. The number of nitrogens with zero attached hydrogens (tertiary/aromatic N) is 1. The van der Waals surface area contributed by atoms with Gasteiger partial charge in [-0.25, -0.2) is 4.79 Å². The van der Waals surface area contributed by atoms with Crippen LogP contribution in [0.2, 0.25) is 0 Å². The number of H-pyrrole nitrogens is 1. The molecule has 0 saturated carbocycles. The van der Waals surface area contributed by atoms with Gasteiger partial charge in [0.1, 0.15) is 0 Å². The second-order valence-electron chi connectivity index (χ2n) is 7.27. The Morgan fingerprint density at radius 1 is 1.09 bits per heavy atom. The van der Waals surface area contributed by atoms with Crippen molar-refractivity contribution in [3.8, 4) is 11.5 Å². The maximum atomic E-state index is 13.3. The van der Waals surface area contributed by atoms with Gasteiger partial charge in [0, 0.05) is 16.8 Å². The third kappa shape index (κ3) is 4.22. The Bertz CT molecular complexity index is 1200. The SMILES string of the molecule is CCOc1ccc(C2NC(=O)NC(C)=C2C(=O)Nc2ccc3[nH]ncc3c2)cc1OCC. The van der Waals surface area contributed by atoms with Gasteiger partial charge in [0.25, 0.3) is 5.91 Å². The minimum absolute atomic E-state index is 0.324. The van der Waals surface area contributed by atoms with Crippen molar-refractivity contribution >= 4 is 28.5 Å². The van der Waals surface area contributed by atoms with Gasteiger partial charge in [-0.3, -0.25) is 9.89 Å². The molecule has 1 aliphatic heterocycles. The van der Waals surface area contributed by atoms with Crippen LogP contribution in [0.3, 0.4) is 0 Å². The molecule has 0 bridgehead atoms. The van der Waals surface area contributed by atoms with Crippen LogP contribution in [0, 0.1) is 0 Å². The van der Waals surface area contributed by atoms with E-state index in [1.54, 1.807) is 31.3 Å². The number of anilines is 1. The second kappa shape index (κ2) is 9.01. The Labute approximate surface area is 185 Å². The molecular formula is C23H25N5O4. The number of fused-ring (bicyclic) bond motifs is 1. The van der Waals surface area contributed by atoms with Gasteiger partial charge in [-0.1, -0.05) is 6.07 Å². The predicted octanol–water partition coefficient (Wildman–Crippen LogP) is 3.63. The number of urea groups is 1. The van der Waals surface area contributed by atoms with Crippen LogP contribution in [0.4, 0.5) is 10.5 Å². The molecule has 0 radical (unpaired) electrons. The topological polar surface area (TPSA) is 117 Å². The van der Waals surface area contributed by atoms with E-state index in [4.69, 9.17) is 9.47 Å². The number of carbonyl (C=O) groups excluding carboxylic acids is 2. The number of ether oxygens (including phenoxy) is 2. The number of aromatic nitrogens is 2. The maximum absolute atomic E-state index is 13.3. The van der Waals surface area contributed by atoms with Crippen molar-refractivity contribution in [2.75, 3.05) is 18.5 Å². The summed E-state index contributed by atoms with van der Waals surface area (Å²) in [6.45, 7) is 6.44. The Morgan fingerprint density at radius 2 is 1.88 bits per heavy atom. The van der Waals surface area contributed by atoms with E-state index in [1.165, 1.54) is 0 Å². The van der Waals surface area contributed by atoms with Crippen LogP contribution in [0.5, 0.6) is 11.5 Å². The van der Waals surface area contributed by atoms with E-state index in [2.05, 4.69) is 26.1 Å². The molecule has 9 nitrogen and oxygen atoms in total. The number of benzene rings is 2. The molecule has 2 heterocycles. The Morgan fingerprint density at radius 3 is 2.66 bits per heavy atom. The van der Waals surface area contributed by atoms with E-state index in [1.807, 2.05) is 32.0 Å². The van der Waals surface area contributed by atoms with Gasteiger partial charge in [0.15, 0.2) is 11.5 Å². The van der Waals surface area contributed by atoms with Crippen LogP contribution in [0.25, 0.3) is 10.9 Å². The van der Waals surface area contributed by atoms with E-state index in [9.17, 15) is 9.59 Å². The van der Waals surface area contributed by atoms with Gasteiger partial charge in [-0.05, 0) is 56.7 Å². The molecule has 1 unspecified atom stereocenters. The molecule has 3 aromatic rings. The molecule has 1 aromatic heterocycles. The zero-order valence-electron chi connectivity index (χ0n) is 18.1. The molecule has 0 fully saturated rings. The first kappa shape index (κ1) is 21.2. The number of nitrogens with one attached hydrogen (secondary N) is 4. The number of carbonyl (C=O) groups is 2. The fraction of sp³-hybridized carbons (Fsp3) is 0.261. The van der Waals surface area contributed by atoms with Crippen LogP contribution < -0.4 is 25.4 Å². The summed E-state index contributed by atoms with van der Waals surface area (Å²) in [6.07, 6.45) is 1.69. The molecular weight excluding hydrogens is 410 g/mol. The third-order valence-electron chi connectivity index (χ3n) is 5.11. The lowest BCUT2D eigenvalue weighted by atomic mass is 9.94. The van der Waals surface area contributed by atoms with Crippen LogP contribution in [-0.2, 0) is 4.79 Å². The van der Waals surface area contributed by atoms with Crippen molar-refractivity contribution in [2.24, 2.45) is 0 Å². The number of aromatic amines is 1. The van der Waals surface area contributed by atoms with Crippen molar-refractivity contribution < 1.29 is 19.1 Å². The van der Waals surface area contributed by atoms with Gasteiger partial charge in [-0.15, -0.1) is 0 Å². The largest absolute Gasteiger partial charge is 0.490 e. The summed E-state index contributed by atoms with van der Waals surface area (Å²) in [4.78, 5) is 25.5. The predicted molar refractivity (Wildman–Crippen MR) is 121 cm³/mol. The Balaban J connectivity index is 1.67. The Hall–Kier alpha value is -4.01. The molecule has 0 aliphatic carbocycles. The lowest BCUT2D eigenvalue weighted by Gasteiger charge is -2.29. The van der Waals surface area contributed by atoms with Crippen LogP contribution in [0.1, 0.15) is 32.4 Å². The van der Waals surface area contributed by atoms with Gasteiger partial charge < -0.3 is 25.4 Å². The van der Waals surface area contributed by atoms with E-state index in [0.717, 1.165) is 10.9 Å². The minimum atomic E-state index is -0.656. The molecule has 1 atom stereocenters. The summed E-state index contributed by atoms with van der Waals surface area (Å²) in [5.41, 5.74) is 3.10. The van der Waals surface area contributed by atoms with Gasteiger partial charge >= 0.3 is 6.03 Å². The number of allylic oxidation sites excluding steroid dienone is 1. The monoisotopic (exact) mass is 435 g/mol. The lowest BCUT2D eigenvalue weighted by molar-refractivity contribution is -0.113. The second-order valence-corrected chi connectivity index (χ2v) is 7.27. The summed E-state index contributed by atoms with van der Waals surface area (Å²) in [5, 5.41) is 16.2. The highest BCUT2D eigenvalue weighted by Gasteiger charge is 2.32. The molecule has 32 heavy (non-hydrogen) atoms. The highest BCUT2D eigenvalue weighted by atomic mass is 16.5. The highest BCUT2D eigenvalue weighted by Crippen LogP contribution is 2.35. The molecule has 9 heteroatoms. The molecule has 166 valence electrons. The van der Waals surface area contributed by atoms with Gasteiger partial charge in [-0.2, -0.15) is 5.10 Å². The first-order chi connectivity index (χ1) is 15.5. The quantitative estimate of drug-likeness (QED) is 0.452. The van der Waals surface area contributed by atoms with E-state index in [-0.39, 0.29) is 11.9 Å². The Kier molecular flexibility index (Phi) is 5.98.